The summed E-state index contributed by atoms with van der Waals surface area (Å²) >= 11 is 0. The van der Waals surface area contributed by atoms with E-state index in [1.807, 2.05) is 36.4 Å². The molecule has 0 unspecified atom stereocenters. The molecule has 0 radical (unpaired) electrons. The van der Waals surface area contributed by atoms with Crippen molar-refractivity contribution in [3.05, 3.63) is 48.8 Å². The number of anilines is 1. The summed E-state index contributed by atoms with van der Waals surface area (Å²) in [5.41, 5.74) is 1.72. The van der Waals surface area contributed by atoms with Gasteiger partial charge in [-0.1, -0.05) is 12.1 Å². The highest BCUT2D eigenvalue weighted by Gasteiger charge is 2.25. The summed E-state index contributed by atoms with van der Waals surface area (Å²) in [6, 6.07) is 11.7. The van der Waals surface area contributed by atoms with E-state index in [2.05, 4.69) is 14.9 Å². The number of rotatable bonds is 3. The fourth-order valence-electron chi connectivity index (χ4n) is 3.16. The molecule has 3 heterocycles. The van der Waals surface area contributed by atoms with Gasteiger partial charge < -0.3 is 4.90 Å². The van der Waals surface area contributed by atoms with Crippen LogP contribution in [0.1, 0.15) is 0 Å². The van der Waals surface area contributed by atoms with E-state index < -0.39 is 10.0 Å². The second-order valence-corrected chi connectivity index (χ2v) is 8.26. The second-order valence-electron chi connectivity index (χ2n) is 6.28. The van der Waals surface area contributed by atoms with E-state index in [-0.39, 0.29) is 0 Å². The maximum absolute atomic E-state index is 11.8. The van der Waals surface area contributed by atoms with E-state index in [4.69, 9.17) is 4.98 Å². The number of para-hydroxylation sites is 1. The smallest absolute Gasteiger partial charge is 0.211 e. The fraction of sp³-hybridized carbons (Fsp3) is 0.278. The Hall–Kier alpha value is -2.58. The van der Waals surface area contributed by atoms with Crippen molar-refractivity contribution in [2.24, 2.45) is 0 Å². The highest BCUT2D eigenvalue weighted by Crippen LogP contribution is 2.28. The van der Waals surface area contributed by atoms with Gasteiger partial charge in [0.1, 0.15) is 5.82 Å². The average molecular weight is 369 g/mol. The number of benzene rings is 1. The van der Waals surface area contributed by atoms with Gasteiger partial charge in [0.25, 0.3) is 0 Å². The highest BCUT2D eigenvalue weighted by atomic mass is 32.2. The van der Waals surface area contributed by atoms with Crippen molar-refractivity contribution in [1.82, 2.24) is 19.3 Å². The molecule has 0 spiro atoms. The first-order valence-electron chi connectivity index (χ1n) is 8.39. The van der Waals surface area contributed by atoms with Crippen LogP contribution in [0.15, 0.2) is 48.8 Å². The third-order valence-electron chi connectivity index (χ3n) is 4.51. The number of piperazine rings is 1. The Labute approximate surface area is 152 Å². The van der Waals surface area contributed by atoms with Gasteiger partial charge in [0.05, 0.1) is 11.8 Å². The van der Waals surface area contributed by atoms with Crippen molar-refractivity contribution in [2.45, 2.75) is 0 Å². The first kappa shape index (κ1) is 16.9. The monoisotopic (exact) mass is 369 g/mol. The Morgan fingerprint density at radius 1 is 0.962 bits per heavy atom. The molecule has 26 heavy (non-hydrogen) atoms. The number of nitrogens with zero attached hydrogens (tertiary/aromatic N) is 5. The molecule has 1 saturated heterocycles. The Balaban J connectivity index is 1.75. The van der Waals surface area contributed by atoms with Crippen LogP contribution in [0, 0.1) is 0 Å². The molecule has 8 heteroatoms. The van der Waals surface area contributed by atoms with Crippen LogP contribution in [-0.4, -0.2) is 60.1 Å². The molecule has 0 aliphatic carbocycles. The van der Waals surface area contributed by atoms with E-state index in [0.29, 0.717) is 32.0 Å². The zero-order chi connectivity index (χ0) is 18.1. The van der Waals surface area contributed by atoms with Crippen molar-refractivity contribution in [1.29, 1.82) is 0 Å². The van der Waals surface area contributed by atoms with Gasteiger partial charge in [-0.2, -0.15) is 4.31 Å². The van der Waals surface area contributed by atoms with Gasteiger partial charge in [0.15, 0.2) is 5.82 Å². The quantitative estimate of drug-likeness (QED) is 0.700. The van der Waals surface area contributed by atoms with Crippen molar-refractivity contribution >= 4 is 26.7 Å². The van der Waals surface area contributed by atoms with Gasteiger partial charge in [-0.15, -0.1) is 0 Å². The molecule has 4 rings (SSSR count). The van der Waals surface area contributed by atoms with Crippen LogP contribution >= 0.6 is 0 Å². The molecule has 2 aromatic heterocycles. The Morgan fingerprint density at radius 3 is 2.42 bits per heavy atom. The average Bonchev–Trinajstić information content (AvgIpc) is 2.67. The van der Waals surface area contributed by atoms with Crippen LogP contribution in [0.4, 0.5) is 5.82 Å². The molecule has 0 N–H and O–H groups in total. The lowest BCUT2D eigenvalue weighted by atomic mass is 10.2. The van der Waals surface area contributed by atoms with Crippen LogP contribution in [0.5, 0.6) is 0 Å². The summed E-state index contributed by atoms with van der Waals surface area (Å²) in [7, 11) is -3.16. The number of hydrogen-bond acceptors (Lipinski definition) is 6. The first-order valence-corrected chi connectivity index (χ1v) is 10.2. The second kappa shape index (κ2) is 6.62. The van der Waals surface area contributed by atoms with E-state index >= 15 is 0 Å². The SMILES string of the molecule is CS(=O)(=O)N1CCN(c2nc(-c3cccnc3)nc3ccccc23)CC1. The minimum atomic E-state index is -3.16. The maximum Gasteiger partial charge on any atom is 0.211 e. The van der Waals surface area contributed by atoms with Gasteiger partial charge in [-0.3, -0.25) is 4.98 Å². The number of aromatic nitrogens is 3. The minimum absolute atomic E-state index is 0.458. The van der Waals surface area contributed by atoms with Crippen molar-refractivity contribution in [3.63, 3.8) is 0 Å². The largest absolute Gasteiger partial charge is 0.353 e. The molecule has 134 valence electrons. The lowest BCUT2D eigenvalue weighted by Crippen LogP contribution is -2.48. The van der Waals surface area contributed by atoms with Crippen LogP contribution in [0.3, 0.4) is 0 Å². The maximum atomic E-state index is 11.8. The molecule has 1 aromatic carbocycles. The summed E-state index contributed by atoms with van der Waals surface area (Å²) in [6.07, 6.45) is 4.72. The molecular formula is C18H19N5O2S. The number of fused-ring (bicyclic) bond motifs is 1. The normalized spacial score (nSPS) is 16.1. The third kappa shape index (κ3) is 3.25. The summed E-state index contributed by atoms with van der Waals surface area (Å²) < 4.78 is 25.0. The molecule has 1 aliphatic heterocycles. The van der Waals surface area contributed by atoms with E-state index in [0.717, 1.165) is 22.3 Å². The predicted octanol–water partition coefficient (Wildman–Crippen LogP) is 1.77. The molecule has 0 bridgehead atoms. The number of sulfonamides is 1. The van der Waals surface area contributed by atoms with Crippen LogP contribution in [0.2, 0.25) is 0 Å². The Bertz CT molecular complexity index is 1030. The molecule has 0 amide bonds. The lowest BCUT2D eigenvalue weighted by molar-refractivity contribution is 0.387. The molecular weight excluding hydrogens is 350 g/mol. The predicted molar refractivity (Wildman–Crippen MR) is 101 cm³/mol. The molecule has 0 atom stereocenters. The zero-order valence-electron chi connectivity index (χ0n) is 14.4. The van der Waals surface area contributed by atoms with Crippen molar-refractivity contribution < 1.29 is 8.42 Å². The molecule has 7 nitrogen and oxygen atoms in total. The van der Waals surface area contributed by atoms with E-state index in [1.54, 1.807) is 12.4 Å². The molecule has 0 saturated carbocycles. The summed E-state index contributed by atoms with van der Waals surface area (Å²) in [5.74, 6) is 1.46. The van der Waals surface area contributed by atoms with Gasteiger partial charge in [0.2, 0.25) is 10.0 Å². The van der Waals surface area contributed by atoms with Gasteiger partial charge >= 0.3 is 0 Å². The van der Waals surface area contributed by atoms with Crippen LogP contribution < -0.4 is 4.90 Å². The van der Waals surface area contributed by atoms with Gasteiger partial charge in [-0.05, 0) is 24.3 Å². The fourth-order valence-corrected chi connectivity index (χ4v) is 3.98. The molecule has 3 aromatic rings. The molecule has 1 aliphatic rings. The summed E-state index contributed by atoms with van der Waals surface area (Å²) in [4.78, 5) is 15.7. The standard InChI is InChI=1S/C18H19N5O2S/c1-26(24,25)23-11-9-22(10-12-23)18-15-6-2-3-7-16(15)20-17(21-18)14-5-4-8-19-13-14/h2-8,13H,9-12H2,1H3. The summed E-state index contributed by atoms with van der Waals surface area (Å²) in [5, 5.41) is 0.966. The first-order chi connectivity index (χ1) is 12.5. The van der Waals surface area contributed by atoms with Gasteiger partial charge in [0, 0.05) is 49.5 Å². The third-order valence-corrected chi connectivity index (χ3v) is 5.81. The van der Waals surface area contributed by atoms with Crippen molar-refractivity contribution in [3.8, 4) is 11.4 Å². The summed E-state index contributed by atoms with van der Waals surface area (Å²) in [6.45, 7) is 2.11. The van der Waals surface area contributed by atoms with Crippen molar-refractivity contribution in [2.75, 3.05) is 37.3 Å². The number of hydrogen-bond donors (Lipinski definition) is 0. The van der Waals surface area contributed by atoms with E-state index in [9.17, 15) is 8.42 Å². The Kier molecular flexibility index (Phi) is 4.29. The Morgan fingerprint density at radius 2 is 1.73 bits per heavy atom. The van der Waals surface area contributed by atoms with Crippen LogP contribution in [-0.2, 0) is 10.0 Å². The zero-order valence-corrected chi connectivity index (χ0v) is 15.2. The van der Waals surface area contributed by atoms with E-state index in [1.165, 1.54) is 10.6 Å². The minimum Gasteiger partial charge on any atom is -0.353 e. The lowest BCUT2D eigenvalue weighted by Gasteiger charge is -2.34. The molecule has 1 fully saturated rings. The number of pyridine rings is 1. The van der Waals surface area contributed by atoms with Gasteiger partial charge in [-0.25, -0.2) is 18.4 Å². The topological polar surface area (TPSA) is 79.3 Å². The highest BCUT2D eigenvalue weighted by molar-refractivity contribution is 7.88. The van der Waals surface area contributed by atoms with Crippen LogP contribution in [0.25, 0.3) is 22.3 Å².